The predicted molar refractivity (Wildman–Crippen MR) is 79.2 cm³/mol. The molecule has 0 saturated carbocycles. The number of hydrogen-bond acceptors (Lipinski definition) is 5. The first kappa shape index (κ1) is 14.9. The molecule has 1 aromatic heterocycles. The number of pyridine rings is 1. The van der Waals surface area contributed by atoms with Gasteiger partial charge in [0.2, 0.25) is 0 Å². The van der Waals surface area contributed by atoms with E-state index in [-0.39, 0.29) is 11.7 Å². The fourth-order valence-corrected chi connectivity index (χ4v) is 1.86. The van der Waals surface area contributed by atoms with Crippen LogP contribution >= 0.6 is 0 Å². The molecule has 110 valence electrons. The van der Waals surface area contributed by atoms with E-state index in [9.17, 15) is 10.1 Å². The zero-order valence-corrected chi connectivity index (χ0v) is 11.7. The predicted octanol–water partition coefficient (Wildman–Crippen LogP) is 2.72. The first-order valence-electron chi connectivity index (χ1n) is 6.67. The van der Waals surface area contributed by atoms with Gasteiger partial charge in [0.05, 0.1) is 4.92 Å². The third-order valence-electron chi connectivity index (χ3n) is 3.05. The van der Waals surface area contributed by atoms with Gasteiger partial charge < -0.3 is 10.1 Å². The zero-order chi connectivity index (χ0) is 15.1. The Morgan fingerprint density at radius 3 is 2.71 bits per heavy atom. The summed E-state index contributed by atoms with van der Waals surface area (Å²) in [5, 5.41) is 13.9. The van der Waals surface area contributed by atoms with E-state index >= 15 is 0 Å². The van der Waals surface area contributed by atoms with Gasteiger partial charge in [0.1, 0.15) is 12.4 Å². The van der Waals surface area contributed by atoms with Crippen LogP contribution < -0.4 is 10.1 Å². The van der Waals surface area contributed by atoms with Crippen molar-refractivity contribution < 1.29 is 9.66 Å². The van der Waals surface area contributed by atoms with Crippen molar-refractivity contribution in [2.24, 2.45) is 0 Å². The highest BCUT2D eigenvalue weighted by molar-refractivity contribution is 5.35. The Kier molecular flexibility index (Phi) is 5.22. The molecule has 0 bridgehead atoms. The van der Waals surface area contributed by atoms with Crippen LogP contribution in [0.4, 0.5) is 5.69 Å². The van der Waals surface area contributed by atoms with Crippen molar-refractivity contribution in [2.45, 2.75) is 13.0 Å². The Hall–Kier alpha value is -2.47. The van der Waals surface area contributed by atoms with Crippen LogP contribution in [0.15, 0.2) is 48.8 Å². The van der Waals surface area contributed by atoms with E-state index < -0.39 is 4.92 Å². The number of nitrogens with zero attached hydrogens (tertiary/aromatic N) is 2. The van der Waals surface area contributed by atoms with Crippen LogP contribution in [0.25, 0.3) is 0 Å². The molecule has 1 unspecified atom stereocenters. The van der Waals surface area contributed by atoms with Crippen molar-refractivity contribution in [2.75, 3.05) is 13.2 Å². The summed E-state index contributed by atoms with van der Waals surface area (Å²) in [6.45, 7) is 3.22. The maximum Gasteiger partial charge on any atom is 0.269 e. The monoisotopic (exact) mass is 287 g/mol. The fraction of sp³-hybridized carbons (Fsp3) is 0.267. The molecule has 2 aromatic rings. The molecule has 0 spiro atoms. The van der Waals surface area contributed by atoms with Gasteiger partial charge >= 0.3 is 0 Å². The third-order valence-corrected chi connectivity index (χ3v) is 3.05. The minimum absolute atomic E-state index is 0.0608. The van der Waals surface area contributed by atoms with Crippen LogP contribution in [-0.2, 0) is 0 Å². The molecular weight excluding hydrogens is 270 g/mol. The molecule has 0 aliphatic rings. The minimum Gasteiger partial charge on any atom is -0.492 e. The normalized spacial score (nSPS) is 11.9. The van der Waals surface area contributed by atoms with Crippen LogP contribution in [0.3, 0.4) is 0 Å². The van der Waals surface area contributed by atoms with Gasteiger partial charge in [0.25, 0.3) is 5.69 Å². The second-order valence-corrected chi connectivity index (χ2v) is 4.56. The lowest BCUT2D eigenvalue weighted by molar-refractivity contribution is -0.384. The Bertz CT molecular complexity index is 572. The van der Waals surface area contributed by atoms with Gasteiger partial charge in [-0.25, -0.2) is 0 Å². The van der Waals surface area contributed by atoms with Gasteiger partial charge in [-0.2, -0.15) is 0 Å². The van der Waals surface area contributed by atoms with Crippen LogP contribution in [-0.4, -0.2) is 23.1 Å². The van der Waals surface area contributed by atoms with E-state index in [1.54, 1.807) is 18.3 Å². The number of nitrogens with one attached hydrogen (secondary N) is 1. The summed E-state index contributed by atoms with van der Waals surface area (Å²) in [5.41, 5.74) is 1.18. The second kappa shape index (κ2) is 7.35. The molecule has 0 aliphatic carbocycles. The Labute approximate surface area is 122 Å². The van der Waals surface area contributed by atoms with E-state index in [0.717, 1.165) is 5.56 Å². The largest absolute Gasteiger partial charge is 0.492 e. The summed E-state index contributed by atoms with van der Waals surface area (Å²) < 4.78 is 5.53. The summed E-state index contributed by atoms with van der Waals surface area (Å²) in [6.07, 6.45) is 3.57. The second-order valence-electron chi connectivity index (χ2n) is 4.56. The Morgan fingerprint density at radius 2 is 2.10 bits per heavy atom. The van der Waals surface area contributed by atoms with Crippen molar-refractivity contribution in [3.63, 3.8) is 0 Å². The van der Waals surface area contributed by atoms with Gasteiger partial charge in [0, 0.05) is 37.1 Å². The summed E-state index contributed by atoms with van der Waals surface area (Å²) in [4.78, 5) is 14.2. The third kappa shape index (κ3) is 4.54. The fourth-order valence-electron chi connectivity index (χ4n) is 1.86. The van der Waals surface area contributed by atoms with Gasteiger partial charge in [0.15, 0.2) is 0 Å². The highest BCUT2D eigenvalue weighted by atomic mass is 16.6. The summed E-state index contributed by atoms with van der Waals surface area (Å²) in [7, 11) is 0. The number of nitro benzene ring substituents is 1. The molecule has 6 nitrogen and oxygen atoms in total. The number of rotatable bonds is 7. The van der Waals surface area contributed by atoms with Gasteiger partial charge in [-0.05, 0) is 30.7 Å². The Balaban J connectivity index is 1.73. The van der Waals surface area contributed by atoms with Crippen molar-refractivity contribution in [3.05, 3.63) is 64.5 Å². The minimum atomic E-state index is -0.430. The lowest BCUT2D eigenvalue weighted by Gasteiger charge is -2.14. The van der Waals surface area contributed by atoms with Crippen LogP contribution in [0.1, 0.15) is 18.5 Å². The summed E-state index contributed by atoms with van der Waals surface area (Å²) in [5.74, 6) is 0.622. The average molecular weight is 287 g/mol. The molecule has 2 rings (SSSR count). The smallest absolute Gasteiger partial charge is 0.269 e. The molecule has 0 aliphatic heterocycles. The van der Waals surface area contributed by atoms with Gasteiger partial charge in [-0.1, -0.05) is 6.07 Å². The van der Waals surface area contributed by atoms with E-state index in [1.165, 1.54) is 12.1 Å². The quantitative estimate of drug-likeness (QED) is 0.481. The number of ether oxygens (including phenoxy) is 1. The first-order valence-corrected chi connectivity index (χ1v) is 6.67. The summed E-state index contributed by atoms with van der Waals surface area (Å²) in [6, 6.07) is 10.2. The molecule has 1 atom stereocenters. The molecule has 0 amide bonds. The van der Waals surface area contributed by atoms with Crippen LogP contribution in [0.2, 0.25) is 0 Å². The highest BCUT2D eigenvalue weighted by Crippen LogP contribution is 2.17. The van der Waals surface area contributed by atoms with Crippen molar-refractivity contribution in [1.29, 1.82) is 0 Å². The lowest BCUT2D eigenvalue weighted by Crippen LogP contribution is -2.24. The zero-order valence-electron chi connectivity index (χ0n) is 11.7. The van der Waals surface area contributed by atoms with E-state index in [1.807, 2.05) is 18.3 Å². The SMILES string of the molecule is CC(NCCOc1ccc([N+](=O)[O-])cc1)c1cccnc1. The van der Waals surface area contributed by atoms with E-state index in [2.05, 4.69) is 17.2 Å². The van der Waals surface area contributed by atoms with Gasteiger partial charge in [-0.15, -0.1) is 0 Å². The molecule has 1 heterocycles. The molecule has 6 heteroatoms. The van der Waals surface area contributed by atoms with E-state index in [0.29, 0.717) is 18.9 Å². The van der Waals surface area contributed by atoms with Crippen molar-refractivity contribution in [3.8, 4) is 5.75 Å². The molecule has 1 N–H and O–H groups in total. The molecule has 0 fully saturated rings. The first-order chi connectivity index (χ1) is 10.2. The number of non-ortho nitro benzene ring substituents is 1. The van der Waals surface area contributed by atoms with Gasteiger partial charge in [-0.3, -0.25) is 15.1 Å². The van der Waals surface area contributed by atoms with Crippen LogP contribution in [0, 0.1) is 10.1 Å². The van der Waals surface area contributed by atoms with Crippen molar-refractivity contribution >= 4 is 5.69 Å². The number of hydrogen-bond donors (Lipinski definition) is 1. The van der Waals surface area contributed by atoms with Crippen molar-refractivity contribution in [1.82, 2.24) is 10.3 Å². The Morgan fingerprint density at radius 1 is 1.33 bits per heavy atom. The molecule has 0 radical (unpaired) electrons. The standard InChI is InChI=1S/C15H17N3O3/c1-12(13-3-2-8-16-11-13)17-9-10-21-15-6-4-14(5-7-15)18(19)20/h2-8,11-12,17H,9-10H2,1H3. The van der Waals surface area contributed by atoms with E-state index in [4.69, 9.17) is 4.74 Å². The number of aromatic nitrogens is 1. The summed E-state index contributed by atoms with van der Waals surface area (Å²) >= 11 is 0. The average Bonchev–Trinajstić information content (AvgIpc) is 2.52. The molecular formula is C15H17N3O3. The lowest BCUT2D eigenvalue weighted by atomic mass is 10.1. The molecule has 1 aromatic carbocycles. The molecule has 21 heavy (non-hydrogen) atoms. The maximum atomic E-state index is 10.5. The highest BCUT2D eigenvalue weighted by Gasteiger charge is 2.05. The number of benzene rings is 1. The van der Waals surface area contributed by atoms with Crippen LogP contribution in [0.5, 0.6) is 5.75 Å². The maximum absolute atomic E-state index is 10.5. The topological polar surface area (TPSA) is 77.3 Å². The molecule has 0 saturated heterocycles. The number of nitro groups is 1.